The van der Waals surface area contributed by atoms with E-state index in [0.29, 0.717) is 11.3 Å². The van der Waals surface area contributed by atoms with Crippen molar-refractivity contribution < 1.29 is 13.5 Å². The number of rotatable bonds is 4. The van der Waals surface area contributed by atoms with Crippen molar-refractivity contribution in [3.63, 3.8) is 0 Å². The fourth-order valence-electron chi connectivity index (χ4n) is 1.84. The van der Waals surface area contributed by atoms with Crippen LogP contribution in [-0.2, 0) is 16.6 Å². The summed E-state index contributed by atoms with van der Waals surface area (Å²) in [5.41, 5.74) is 2.05. The molecule has 0 spiro atoms. The predicted octanol–water partition coefficient (Wildman–Crippen LogP) is 1.71. The molecular weight excluding hydrogens is 276 g/mol. The molecule has 0 atom stereocenters. The molecule has 0 fully saturated rings. The number of nitrogens with zero attached hydrogens (tertiary/aromatic N) is 2. The van der Waals surface area contributed by atoms with Crippen molar-refractivity contribution in [2.24, 2.45) is 0 Å². The standard InChI is InChI=1S/C14H16N2O3S/c1-11-5-3-4-6-13(11)16(2)20(18,19)14-8-7-12(10-17)9-15-14/h3-9,17H,10H2,1-2H3. The molecule has 0 amide bonds. The van der Waals surface area contributed by atoms with Crippen LogP contribution in [0.2, 0.25) is 0 Å². The summed E-state index contributed by atoms with van der Waals surface area (Å²) in [6.07, 6.45) is 1.36. The first kappa shape index (κ1) is 14.5. The Balaban J connectivity index is 2.41. The zero-order valence-electron chi connectivity index (χ0n) is 11.3. The van der Waals surface area contributed by atoms with Crippen LogP contribution in [0.1, 0.15) is 11.1 Å². The summed E-state index contributed by atoms with van der Waals surface area (Å²) in [5.74, 6) is 0. The Morgan fingerprint density at radius 3 is 2.45 bits per heavy atom. The molecule has 6 heteroatoms. The Bertz CT molecular complexity index is 697. The Kier molecular flexibility index (Phi) is 4.06. The average molecular weight is 292 g/mol. The normalized spacial score (nSPS) is 11.3. The van der Waals surface area contributed by atoms with Crippen molar-refractivity contribution in [1.82, 2.24) is 4.98 Å². The number of aliphatic hydroxyl groups excluding tert-OH is 1. The molecular formula is C14H16N2O3S. The molecule has 0 aliphatic heterocycles. The van der Waals surface area contributed by atoms with Gasteiger partial charge in [-0.3, -0.25) is 4.31 Å². The van der Waals surface area contributed by atoms with E-state index >= 15 is 0 Å². The third-order valence-electron chi connectivity index (χ3n) is 3.06. The van der Waals surface area contributed by atoms with E-state index in [-0.39, 0.29) is 11.6 Å². The molecule has 0 radical (unpaired) electrons. The second kappa shape index (κ2) is 5.60. The number of hydrogen-bond donors (Lipinski definition) is 1. The first-order chi connectivity index (χ1) is 9.46. The van der Waals surface area contributed by atoms with Crippen molar-refractivity contribution in [3.05, 3.63) is 53.7 Å². The Morgan fingerprint density at radius 2 is 1.90 bits per heavy atom. The van der Waals surface area contributed by atoms with E-state index in [1.807, 2.05) is 19.1 Å². The van der Waals surface area contributed by atoms with Gasteiger partial charge in [-0.05, 0) is 30.2 Å². The molecule has 20 heavy (non-hydrogen) atoms. The van der Waals surface area contributed by atoms with Gasteiger partial charge in [-0.25, -0.2) is 4.98 Å². The number of hydrogen-bond acceptors (Lipinski definition) is 4. The second-order valence-electron chi connectivity index (χ2n) is 4.42. The summed E-state index contributed by atoms with van der Waals surface area (Å²) < 4.78 is 26.2. The van der Waals surface area contributed by atoms with Crippen LogP contribution in [0.25, 0.3) is 0 Å². The monoisotopic (exact) mass is 292 g/mol. The maximum absolute atomic E-state index is 12.5. The van der Waals surface area contributed by atoms with Gasteiger partial charge < -0.3 is 5.11 Å². The molecule has 0 saturated carbocycles. The lowest BCUT2D eigenvalue weighted by molar-refractivity contribution is 0.281. The van der Waals surface area contributed by atoms with Gasteiger partial charge in [0.2, 0.25) is 0 Å². The maximum Gasteiger partial charge on any atom is 0.281 e. The van der Waals surface area contributed by atoms with Crippen LogP contribution in [0.15, 0.2) is 47.6 Å². The maximum atomic E-state index is 12.5. The van der Waals surface area contributed by atoms with E-state index in [1.165, 1.54) is 23.6 Å². The van der Waals surface area contributed by atoms with Crippen molar-refractivity contribution in [2.75, 3.05) is 11.4 Å². The van der Waals surface area contributed by atoms with Gasteiger partial charge in [-0.1, -0.05) is 24.3 Å². The molecule has 2 aromatic rings. The number of pyridine rings is 1. The number of benzene rings is 1. The molecule has 0 unspecified atom stereocenters. The molecule has 0 aliphatic carbocycles. The predicted molar refractivity (Wildman–Crippen MR) is 76.9 cm³/mol. The summed E-state index contributed by atoms with van der Waals surface area (Å²) in [4.78, 5) is 3.91. The van der Waals surface area contributed by atoms with Gasteiger partial charge in [0.05, 0.1) is 12.3 Å². The van der Waals surface area contributed by atoms with Gasteiger partial charge in [-0.15, -0.1) is 0 Å². The number of aliphatic hydroxyl groups is 1. The number of anilines is 1. The van der Waals surface area contributed by atoms with Gasteiger partial charge in [-0.2, -0.15) is 8.42 Å². The molecule has 1 N–H and O–H groups in total. The highest BCUT2D eigenvalue weighted by Crippen LogP contribution is 2.24. The van der Waals surface area contributed by atoms with Crippen LogP contribution in [0, 0.1) is 6.92 Å². The SMILES string of the molecule is Cc1ccccc1N(C)S(=O)(=O)c1ccc(CO)cn1. The Hall–Kier alpha value is -1.92. The lowest BCUT2D eigenvalue weighted by Crippen LogP contribution is -2.27. The summed E-state index contributed by atoms with van der Waals surface area (Å²) >= 11 is 0. The van der Waals surface area contributed by atoms with E-state index < -0.39 is 10.0 Å². The summed E-state index contributed by atoms with van der Waals surface area (Å²) in [7, 11) is -2.20. The quantitative estimate of drug-likeness (QED) is 0.931. The molecule has 0 bridgehead atoms. The minimum atomic E-state index is -3.70. The number of aryl methyl sites for hydroxylation is 1. The number of sulfonamides is 1. The highest BCUT2D eigenvalue weighted by molar-refractivity contribution is 7.92. The molecule has 5 nitrogen and oxygen atoms in total. The van der Waals surface area contributed by atoms with E-state index in [1.54, 1.807) is 18.2 Å². The van der Waals surface area contributed by atoms with E-state index in [9.17, 15) is 8.42 Å². The van der Waals surface area contributed by atoms with E-state index in [2.05, 4.69) is 4.98 Å². The van der Waals surface area contributed by atoms with Crippen molar-refractivity contribution in [2.45, 2.75) is 18.6 Å². The van der Waals surface area contributed by atoms with Crippen molar-refractivity contribution in [3.8, 4) is 0 Å². The van der Waals surface area contributed by atoms with Crippen molar-refractivity contribution in [1.29, 1.82) is 0 Å². The number of para-hydroxylation sites is 1. The van der Waals surface area contributed by atoms with Gasteiger partial charge in [0.25, 0.3) is 10.0 Å². The van der Waals surface area contributed by atoms with Gasteiger partial charge in [0, 0.05) is 13.2 Å². The van der Waals surface area contributed by atoms with Crippen molar-refractivity contribution >= 4 is 15.7 Å². The Labute approximate surface area is 118 Å². The zero-order chi connectivity index (χ0) is 14.8. The molecule has 0 saturated heterocycles. The molecule has 1 heterocycles. The van der Waals surface area contributed by atoms with Crippen LogP contribution >= 0.6 is 0 Å². The molecule has 1 aromatic carbocycles. The van der Waals surface area contributed by atoms with E-state index in [4.69, 9.17) is 5.11 Å². The van der Waals surface area contributed by atoms with Crippen LogP contribution in [0.5, 0.6) is 0 Å². The number of aromatic nitrogens is 1. The van der Waals surface area contributed by atoms with Crippen LogP contribution in [-0.4, -0.2) is 25.6 Å². The fourth-order valence-corrected chi connectivity index (χ4v) is 3.01. The third kappa shape index (κ3) is 2.66. The summed E-state index contributed by atoms with van der Waals surface area (Å²) in [6.45, 7) is 1.69. The van der Waals surface area contributed by atoms with Crippen LogP contribution in [0.4, 0.5) is 5.69 Å². The largest absolute Gasteiger partial charge is 0.392 e. The second-order valence-corrected chi connectivity index (χ2v) is 6.34. The molecule has 106 valence electrons. The highest BCUT2D eigenvalue weighted by atomic mass is 32.2. The lowest BCUT2D eigenvalue weighted by Gasteiger charge is -2.20. The van der Waals surface area contributed by atoms with Crippen LogP contribution in [0.3, 0.4) is 0 Å². The summed E-state index contributed by atoms with van der Waals surface area (Å²) in [6, 6.07) is 10.2. The molecule has 1 aromatic heterocycles. The first-order valence-electron chi connectivity index (χ1n) is 6.07. The highest BCUT2D eigenvalue weighted by Gasteiger charge is 2.23. The van der Waals surface area contributed by atoms with Crippen LogP contribution < -0.4 is 4.31 Å². The minimum absolute atomic E-state index is 0.0412. The smallest absolute Gasteiger partial charge is 0.281 e. The summed E-state index contributed by atoms with van der Waals surface area (Å²) in [5, 5.41) is 8.91. The Morgan fingerprint density at radius 1 is 1.20 bits per heavy atom. The van der Waals surface area contributed by atoms with E-state index in [0.717, 1.165) is 5.56 Å². The molecule has 2 rings (SSSR count). The third-order valence-corrected chi connectivity index (χ3v) is 4.75. The minimum Gasteiger partial charge on any atom is -0.392 e. The first-order valence-corrected chi connectivity index (χ1v) is 7.51. The van der Waals surface area contributed by atoms with Gasteiger partial charge in [0.1, 0.15) is 0 Å². The average Bonchev–Trinajstić information content (AvgIpc) is 2.47. The van der Waals surface area contributed by atoms with Gasteiger partial charge in [0.15, 0.2) is 5.03 Å². The topological polar surface area (TPSA) is 70.5 Å². The molecule has 0 aliphatic rings. The fraction of sp³-hybridized carbons (Fsp3) is 0.214. The lowest BCUT2D eigenvalue weighted by atomic mass is 10.2. The van der Waals surface area contributed by atoms with Gasteiger partial charge >= 0.3 is 0 Å². The zero-order valence-corrected chi connectivity index (χ0v) is 12.1.